The second-order valence-electron chi connectivity index (χ2n) is 8.14. The first kappa shape index (κ1) is 18.2. The van der Waals surface area contributed by atoms with Gasteiger partial charge in [0.2, 0.25) is 5.91 Å². The first-order chi connectivity index (χ1) is 13.3. The van der Waals surface area contributed by atoms with Gasteiger partial charge in [0.25, 0.3) is 0 Å². The zero-order valence-corrected chi connectivity index (χ0v) is 16.0. The van der Waals surface area contributed by atoms with E-state index in [0.29, 0.717) is 5.41 Å². The molecule has 0 radical (unpaired) electrons. The van der Waals surface area contributed by atoms with Crippen LogP contribution in [0.4, 0.5) is 0 Å². The maximum absolute atomic E-state index is 12.5. The Kier molecular flexibility index (Phi) is 5.58. The lowest BCUT2D eigenvalue weighted by atomic mass is 9.90. The van der Waals surface area contributed by atoms with Crippen LogP contribution >= 0.6 is 0 Å². The van der Waals surface area contributed by atoms with Gasteiger partial charge >= 0.3 is 0 Å². The summed E-state index contributed by atoms with van der Waals surface area (Å²) in [5.74, 6) is 0.528. The van der Waals surface area contributed by atoms with Gasteiger partial charge in [-0.1, -0.05) is 30.3 Å². The van der Waals surface area contributed by atoms with Gasteiger partial charge in [-0.05, 0) is 56.2 Å². The van der Waals surface area contributed by atoms with E-state index in [9.17, 15) is 4.79 Å². The largest absolute Gasteiger partial charge is 0.356 e. The molecular weight excluding hydrogens is 336 g/mol. The van der Waals surface area contributed by atoms with Crippen molar-refractivity contribution in [3.63, 3.8) is 0 Å². The van der Waals surface area contributed by atoms with Crippen LogP contribution in [0.5, 0.6) is 0 Å². The van der Waals surface area contributed by atoms with E-state index in [1.165, 1.54) is 18.4 Å². The Balaban J connectivity index is 1.14. The highest BCUT2D eigenvalue weighted by molar-refractivity contribution is 5.82. The van der Waals surface area contributed by atoms with Crippen molar-refractivity contribution in [2.24, 2.45) is 11.3 Å². The smallest absolute Gasteiger partial charge is 0.223 e. The van der Waals surface area contributed by atoms with Crippen LogP contribution in [0.3, 0.4) is 0 Å². The number of amides is 1. The van der Waals surface area contributed by atoms with E-state index >= 15 is 0 Å². The lowest BCUT2D eigenvalue weighted by molar-refractivity contribution is -0.123. The maximum Gasteiger partial charge on any atom is 0.223 e. The normalized spacial score (nSPS) is 21.3. The van der Waals surface area contributed by atoms with Crippen molar-refractivity contribution in [2.75, 3.05) is 26.2 Å². The summed E-state index contributed by atoms with van der Waals surface area (Å²) in [6.45, 7) is 5.07. The zero-order chi connectivity index (χ0) is 18.5. The molecule has 27 heavy (non-hydrogen) atoms. The minimum atomic E-state index is 0.252. The number of hydrogen-bond donors (Lipinski definition) is 1. The van der Waals surface area contributed by atoms with Crippen molar-refractivity contribution in [2.45, 2.75) is 38.6 Å². The molecule has 1 saturated carbocycles. The molecule has 144 valence electrons. The molecule has 1 atom stereocenters. The van der Waals surface area contributed by atoms with E-state index in [2.05, 4.69) is 50.1 Å². The number of imidazole rings is 1. The molecular formula is C22H30N4O. The van der Waals surface area contributed by atoms with Gasteiger partial charge < -0.3 is 14.8 Å². The van der Waals surface area contributed by atoms with Crippen molar-refractivity contribution < 1.29 is 4.79 Å². The third kappa shape index (κ3) is 4.59. The molecule has 5 heteroatoms. The van der Waals surface area contributed by atoms with Gasteiger partial charge in [0.1, 0.15) is 0 Å². The van der Waals surface area contributed by atoms with Gasteiger partial charge in [0, 0.05) is 37.9 Å². The number of carbonyl (C=O) groups excluding carboxylic acids is 1. The average Bonchev–Trinajstić information content (AvgIpc) is 3.15. The van der Waals surface area contributed by atoms with Gasteiger partial charge in [-0.2, -0.15) is 0 Å². The summed E-state index contributed by atoms with van der Waals surface area (Å²) < 4.78 is 2.05. The Morgan fingerprint density at radius 2 is 2.00 bits per heavy atom. The number of rotatable bonds is 8. The molecule has 2 aromatic rings. The predicted molar refractivity (Wildman–Crippen MR) is 106 cm³/mol. The molecule has 2 heterocycles. The van der Waals surface area contributed by atoms with Crippen molar-refractivity contribution in [1.29, 1.82) is 0 Å². The zero-order valence-electron chi connectivity index (χ0n) is 16.0. The Morgan fingerprint density at radius 3 is 2.74 bits per heavy atom. The van der Waals surface area contributed by atoms with Crippen LogP contribution in [-0.4, -0.2) is 46.5 Å². The highest BCUT2D eigenvalue weighted by Gasteiger charge is 2.58. The van der Waals surface area contributed by atoms with E-state index < -0.39 is 0 Å². The summed E-state index contributed by atoms with van der Waals surface area (Å²) in [5.41, 5.74) is 1.72. The quantitative estimate of drug-likeness (QED) is 0.731. The Bertz CT molecular complexity index is 720. The second-order valence-corrected chi connectivity index (χ2v) is 8.14. The minimum absolute atomic E-state index is 0.252. The van der Waals surface area contributed by atoms with Crippen LogP contribution in [0.15, 0.2) is 49.1 Å². The fourth-order valence-corrected chi connectivity index (χ4v) is 4.44. The number of benzene rings is 1. The van der Waals surface area contributed by atoms with Crippen molar-refractivity contribution in [1.82, 2.24) is 19.8 Å². The molecule has 1 amide bonds. The molecule has 1 unspecified atom stereocenters. The fraction of sp³-hybridized carbons (Fsp3) is 0.545. The molecule has 4 rings (SSSR count). The molecule has 0 bridgehead atoms. The summed E-state index contributed by atoms with van der Waals surface area (Å²) in [4.78, 5) is 19.1. The molecule has 1 N–H and O–H groups in total. The van der Waals surface area contributed by atoms with Gasteiger partial charge in [-0.25, -0.2) is 4.98 Å². The van der Waals surface area contributed by atoms with Crippen molar-refractivity contribution in [3.8, 4) is 0 Å². The topological polar surface area (TPSA) is 50.2 Å². The van der Waals surface area contributed by atoms with Gasteiger partial charge in [0.15, 0.2) is 0 Å². The number of nitrogens with zero attached hydrogens (tertiary/aromatic N) is 3. The SMILES string of the molecule is O=C(NCCCn1ccnc1)C1CC12CCN(CCc1ccccc1)CC2. The molecule has 1 saturated heterocycles. The first-order valence-corrected chi connectivity index (χ1v) is 10.2. The number of hydrogen-bond acceptors (Lipinski definition) is 3. The standard InChI is InChI=1S/C22H30N4O/c27-21(24-10-4-12-26-16-11-23-18-26)20-17-22(20)8-14-25(15-9-22)13-7-19-5-2-1-3-6-19/h1-3,5-6,11,16,18,20H,4,7-10,12-15,17H2,(H,24,27). The first-order valence-electron chi connectivity index (χ1n) is 10.2. The summed E-state index contributed by atoms with van der Waals surface area (Å²) in [7, 11) is 0. The Hall–Kier alpha value is -2.14. The van der Waals surface area contributed by atoms with Crippen LogP contribution in [0, 0.1) is 11.3 Å². The fourth-order valence-electron chi connectivity index (χ4n) is 4.44. The molecule has 1 aromatic carbocycles. The lowest BCUT2D eigenvalue weighted by Crippen LogP contribution is -2.38. The monoisotopic (exact) mass is 366 g/mol. The summed E-state index contributed by atoms with van der Waals surface area (Å²) in [5, 5.41) is 3.15. The minimum Gasteiger partial charge on any atom is -0.356 e. The molecule has 1 aromatic heterocycles. The number of aryl methyl sites for hydroxylation is 1. The van der Waals surface area contributed by atoms with Crippen LogP contribution in [0.25, 0.3) is 0 Å². The molecule has 1 aliphatic heterocycles. The Labute approximate surface area is 161 Å². The average molecular weight is 367 g/mol. The third-order valence-corrected chi connectivity index (χ3v) is 6.37. The van der Waals surface area contributed by atoms with Gasteiger partial charge in [0.05, 0.1) is 6.33 Å². The number of aromatic nitrogens is 2. The van der Waals surface area contributed by atoms with E-state index in [1.807, 2.05) is 12.5 Å². The molecule has 5 nitrogen and oxygen atoms in total. The number of piperidine rings is 1. The van der Waals surface area contributed by atoms with Gasteiger partial charge in [-0.3, -0.25) is 4.79 Å². The van der Waals surface area contributed by atoms with E-state index in [-0.39, 0.29) is 11.8 Å². The van der Waals surface area contributed by atoms with Crippen LogP contribution in [0.1, 0.15) is 31.2 Å². The third-order valence-electron chi connectivity index (χ3n) is 6.37. The number of nitrogens with one attached hydrogen (secondary N) is 1. The summed E-state index contributed by atoms with van der Waals surface area (Å²) >= 11 is 0. The van der Waals surface area contributed by atoms with Crippen molar-refractivity contribution in [3.05, 3.63) is 54.6 Å². The maximum atomic E-state index is 12.5. The molecule has 2 fully saturated rings. The highest BCUT2D eigenvalue weighted by atomic mass is 16.2. The van der Waals surface area contributed by atoms with E-state index in [0.717, 1.165) is 52.0 Å². The summed E-state index contributed by atoms with van der Waals surface area (Å²) in [6, 6.07) is 10.7. The van der Waals surface area contributed by atoms with Crippen LogP contribution in [-0.2, 0) is 17.8 Å². The molecule has 1 spiro atoms. The molecule has 1 aliphatic carbocycles. The van der Waals surface area contributed by atoms with E-state index in [4.69, 9.17) is 0 Å². The second kappa shape index (κ2) is 8.26. The van der Waals surface area contributed by atoms with Crippen LogP contribution in [0.2, 0.25) is 0 Å². The predicted octanol–water partition coefficient (Wildman–Crippen LogP) is 2.73. The molecule has 2 aliphatic rings. The van der Waals surface area contributed by atoms with Gasteiger partial charge in [-0.15, -0.1) is 0 Å². The van der Waals surface area contributed by atoms with Crippen molar-refractivity contribution >= 4 is 5.91 Å². The summed E-state index contributed by atoms with van der Waals surface area (Å²) in [6.07, 6.45) is 11.1. The number of likely N-dealkylation sites (tertiary alicyclic amines) is 1. The Morgan fingerprint density at radius 1 is 1.19 bits per heavy atom. The highest BCUT2D eigenvalue weighted by Crippen LogP contribution is 2.59. The number of carbonyl (C=O) groups is 1. The van der Waals surface area contributed by atoms with Crippen LogP contribution < -0.4 is 5.32 Å². The lowest BCUT2D eigenvalue weighted by Gasteiger charge is -2.32. The van der Waals surface area contributed by atoms with E-state index in [1.54, 1.807) is 6.20 Å².